The van der Waals surface area contributed by atoms with Crippen LogP contribution in [-0.4, -0.2) is 39.8 Å². The highest BCUT2D eigenvalue weighted by Crippen LogP contribution is 2.46. The average molecular weight is 370 g/mol. The molecular weight excluding hydrogens is 348 g/mol. The summed E-state index contributed by atoms with van der Waals surface area (Å²) in [5.41, 5.74) is 4.20. The number of hydrogen-bond acceptors (Lipinski definition) is 6. The van der Waals surface area contributed by atoms with Gasteiger partial charge in [-0.15, -0.1) is 0 Å². The molecule has 0 aliphatic carbocycles. The molecule has 0 aliphatic rings. The van der Waals surface area contributed by atoms with Gasteiger partial charge in [-0.2, -0.15) is 4.37 Å². The molecular formula is C20H22N2O3S. The molecule has 3 aromatic rings. The Hall–Kier alpha value is -2.73. The molecule has 136 valence electrons. The van der Waals surface area contributed by atoms with Crippen molar-refractivity contribution in [1.82, 2.24) is 4.37 Å². The van der Waals surface area contributed by atoms with Gasteiger partial charge in [0.05, 0.1) is 26.2 Å². The summed E-state index contributed by atoms with van der Waals surface area (Å²) in [5, 5.41) is 0. The van der Waals surface area contributed by atoms with E-state index in [-0.39, 0.29) is 0 Å². The second-order valence-corrected chi connectivity index (χ2v) is 6.72. The molecule has 0 fully saturated rings. The zero-order chi connectivity index (χ0) is 18.7. The van der Waals surface area contributed by atoms with E-state index in [9.17, 15) is 0 Å². The summed E-state index contributed by atoms with van der Waals surface area (Å²) in [6.45, 7) is 0. The van der Waals surface area contributed by atoms with E-state index in [0.717, 1.165) is 27.3 Å². The van der Waals surface area contributed by atoms with Gasteiger partial charge in [0.15, 0.2) is 11.5 Å². The number of methoxy groups -OCH3 is 3. The van der Waals surface area contributed by atoms with Crippen LogP contribution in [0, 0.1) is 0 Å². The maximum absolute atomic E-state index is 5.62. The Morgan fingerprint density at radius 1 is 0.885 bits per heavy atom. The van der Waals surface area contributed by atoms with Gasteiger partial charge in [-0.3, -0.25) is 0 Å². The molecule has 26 heavy (non-hydrogen) atoms. The topological polar surface area (TPSA) is 43.8 Å². The highest BCUT2D eigenvalue weighted by molar-refractivity contribution is 7.10. The maximum atomic E-state index is 5.62. The molecule has 0 amide bonds. The quantitative estimate of drug-likeness (QED) is 0.636. The van der Waals surface area contributed by atoms with Crippen LogP contribution in [0.1, 0.15) is 0 Å². The van der Waals surface area contributed by atoms with Gasteiger partial charge in [-0.05, 0) is 35.3 Å². The number of ether oxygens (including phenoxy) is 3. The van der Waals surface area contributed by atoms with E-state index < -0.39 is 0 Å². The smallest absolute Gasteiger partial charge is 0.169 e. The number of nitrogens with zero attached hydrogens (tertiary/aromatic N) is 2. The average Bonchev–Trinajstić information content (AvgIpc) is 3.16. The lowest BCUT2D eigenvalue weighted by atomic mass is 10.0. The van der Waals surface area contributed by atoms with Crippen molar-refractivity contribution >= 4 is 17.2 Å². The highest BCUT2D eigenvalue weighted by Gasteiger charge is 2.20. The molecule has 0 atom stereocenters. The third-order valence-corrected chi connectivity index (χ3v) is 5.03. The molecule has 0 bridgehead atoms. The molecule has 0 radical (unpaired) electrons. The van der Waals surface area contributed by atoms with Crippen molar-refractivity contribution in [3.05, 3.63) is 42.6 Å². The molecule has 0 saturated heterocycles. The Kier molecular flexibility index (Phi) is 5.32. The van der Waals surface area contributed by atoms with Crippen molar-refractivity contribution in [1.29, 1.82) is 0 Å². The van der Waals surface area contributed by atoms with Crippen LogP contribution in [0.3, 0.4) is 0 Å². The summed E-state index contributed by atoms with van der Waals surface area (Å²) in [5.74, 6) is 2.01. The Morgan fingerprint density at radius 3 is 2.19 bits per heavy atom. The van der Waals surface area contributed by atoms with Gasteiger partial charge < -0.3 is 19.1 Å². The summed E-state index contributed by atoms with van der Waals surface area (Å²) >= 11 is 1.42. The zero-order valence-electron chi connectivity index (χ0n) is 15.6. The van der Waals surface area contributed by atoms with Gasteiger partial charge in [-0.1, -0.05) is 12.1 Å². The normalized spacial score (nSPS) is 10.5. The van der Waals surface area contributed by atoms with Crippen LogP contribution >= 0.6 is 11.5 Å². The van der Waals surface area contributed by atoms with Crippen molar-refractivity contribution in [2.75, 3.05) is 40.3 Å². The minimum absolute atomic E-state index is 0.629. The van der Waals surface area contributed by atoms with Crippen molar-refractivity contribution in [2.45, 2.75) is 0 Å². The number of benzene rings is 2. The van der Waals surface area contributed by atoms with Crippen molar-refractivity contribution in [2.24, 2.45) is 0 Å². The summed E-state index contributed by atoms with van der Waals surface area (Å²) < 4.78 is 20.9. The third-order valence-electron chi connectivity index (χ3n) is 4.20. The first-order valence-corrected chi connectivity index (χ1v) is 8.89. The van der Waals surface area contributed by atoms with Gasteiger partial charge in [0.1, 0.15) is 5.75 Å². The van der Waals surface area contributed by atoms with E-state index in [0.29, 0.717) is 17.2 Å². The Bertz CT molecular complexity index is 889. The van der Waals surface area contributed by atoms with Crippen LogP contribution in [0.2, 0.25) is 0 Å². The number of anilines is 1. The molecule has 6 heteroatoms. The van der Waals surface area contributed by atoms with Crippen LogP contribution in [0.5, 0.6) is 17.2 Å². The standard InChI is InChI=1S/C20H22N2O3S/c1-22(2)14-8-6-13(7-9-14)17-12-21-26-20(17)16-10-15(23-3)11-18(24-4)19(16)25-5/h6-12H,1-5H3. The van der Waals surface area contributed by atoms with Crippen molar-refractivity contribution < 1.29 is 14.2 Å². The number of rotatable bonds is 6. The lowest BCUT2D eigenvalue weighted by Gasteiger charge is -2.15. The molecule has 1 heterocycles. The summed E-state index contributed by atoms with van der Waals surface area (Å²) in [6, 6.07) is 12.2. The van der Waals surface area contributed by atoms with Crippen LogP contribution in [0.25, 0.3) is 21.6 Å². The molecule has 0 N–H and O–H groups in total. The largest absolute Gasteiger partial charge is 0.497 e. The van der Waals surface area contributed by atoms with Crippen LogP contribution in [0.15, 0.2) is 42.6 Å². The minimum atomic E-state index is 0.629. The molecule has 0 saturated carbocycles. The van der Waals surface area contributed by atoms with Gasteiger partial charge >= 0.3 is 0 Å². The van der Waals surface area contributed by atoms with Gasteiger partial charge in [0, 0.05) is 43.2 Å². The van der Waals surface area contributed by atoms with Crippen molar-refractivity contribution in [3.63, 3.8) is 0 Å². The number of hydrogen-bond donors (Lipinski definition) is 0. The minimum Gasteiger partial charge on any atom is -0.497 e. The zero-order valence-corrected chi connectivity index (χ0v) is 16.4. The SMILES string of the molecule is COc1cc(OC)c(OC)c(-c2sncc2-c2ccc(N(C)C)cc2)c1. The Balaban J connectivity index is 2.14. The van der Waals surface area contributed by atoms with Crippen molar-refractivity contribution in [3.8, 4) is 38.8 Å². The van der Waals surface area contributed by atoms with Gasteiger partial charge in [0.25, 0.3) is 0 Å². The molecule has 0 aliphatic heterocycles. The first-order chi connectivity index (χ1) is 12.6. The fourth-order valence-electron chi connectivity index (χ4n) is 2.80. The second-order valence-electron chi connectivity index (χ2n) is 5.92. The monoisotopic (exact) mass is 370 g/mol. The van der Waals surface area contributed by atoms with E-state index in [1.807, 2.05) is 32.4 Å². The van der Waals surface area contributed by atoms with E-state index in [4.69, 9.17) is 14.2 Å². The molecule has 3 rings (SSSR count). The summed E-state index contributed by atoms with van der Waals surface area (Å²) in [6.07, 6.45) is 1.88. The molecule has 0 spiro atoms. The highest BCUT2D eigenvalue weighted by atomic mass is 32.1. The van der Waals surface area contributed by atoms with Gasteiger partial charge in [0.2, 0.25) is 0 Å². The summed E-state index contributed by atoms with van der Waals surface area (Å²) in [4.78, 5) is 3.09. The molecule has 0 unspecified atom stereocenters. The first-order valence-electron chi connectivity index (χ1n) is 8.11. The van der Waals surface area contributed by atoms with Gasteiger partial charge in [-0.25, -0.2) is 0 Å². The summed E-state index contributed by atoms with van der Waals surface area (Å²) in [7, 11) is 8.95. The lowest BCUT2D eigenvalue weighted by molar-refractivity contribution is 0.350. The number of aromatic nitrogens is 1. The third kappa shape index (κ3) is 3.32. The molecule has 1 aromatic heterocycles. The molecule has 2 aromatic carbocycles. The van der Waals surface area contributed by atoms with E-state index in [2.05, 4.69) is 33.5 Å². The van der Waals surface area contributed by atoms with Crippen LogP contribution < -0.4 is 19.1 Å². The van der Waals surface area contributed by atoms with Crippen LogP contribution in [-0.2, 0) is 0 Å². The maximum Gasteiger partial charge on any atom is 0.169 e. The Morgan fingerprint density at radius 2 is 1.62 bits per heavy atom. The van der Waals surface area contributed by atoms with E-state index in [1.54, 1.807) is 21.3 Å². The van der Waals surface area contributed by atoms with E-state index in [1.165, 1.54) is 11.5 Å². The Labute approximate surface area is 157 Å². The predicted molar refractivity (Wildman–Crippen MR) is 107 cm³/mol. The fourth-order valence-corrected chi connectivity index (χ4v) is 3.59. The second kappa shape index (κ2) is 7.66. The molecule has 5 nitrogen and oxygen atoms in total. The fraction of sp³-hybridized carbons (Fsp3) is 0.250. The predicted octanol–water partition coefficient (Wildman–Crippen LogP) is 4.57. The lowest BCUT2D eigenvalue weighted by Crippen LogP contribution is -2.07. The first kappa shape index (κ1) is 18.1. The van der Waals surface area contributed by atoms with Crippen LogP contribution in [0.4, 0.5) is 5.69 Å². The van der Waals surface area contributed by atoms with E-state index >= 15 is 0 Å².